The number of aromatic nitrogens is 4. The minimum Gasteiger partial charge on any atom is -0.494 e. The van der Waals surface area contributed by atoms with Crippen LogP contribution in [-0.2, 0) is 0 Å². The number of hydrogen-bond donors (Lipinski definition) is 0. The van der Waals surface area contributed by atoms with Crippen molar-refractivity contribution in [2.45, 2.75) is 13.8 Å². The fourth-order valence-corrected chi connectivity index (χ4v) is 1.47. The third kappa shape index (κ3) is 1.84. The highest BCUT2D eigenvalue weighted by molar-refractivity contribution is 5.60. The van der Waals surface area contributed by atoms with Crippen LogP contribution in [0.5, 0.6) is 5.75 Å². The smallest absolute Gasteiger partial charge is 0.163 e. The normalized spacial score (nSPS) is 10.2. The first-order valence-corrected chi connectivity index (χ1v) is 4.87. The summed E-state index contributed by atoms with van der Waals surface area (Å²) in [6.45, 7) is 3.83. The van der Waals surface area contributed by atoms with Gasteiger partial charge in [0.05, 0.1) is 36.5 Å². The van der Waals surface area contributed by atoms with Gasteiger partial charge in [-0.15, -0.1) is 0 Å². The summed E-state index contributed by atoms with van der Waals surface area (Å²) in [5.74, 6) is 1.26. The van der Waals surface area contributed by atoms with Crippen molar-refractivity contribution in [3.8, 4) is 17.1 Å². The fourth-order valence-electron chi connectivity index (χ4n) is 1.47. The molecule has 5 nitrogen and oxygen atoms in total. The maximum Gasteiger partial charge on any atom is 0.163 e. The molecule has 2 rings (SSSR count). The summed E-state index contributed by atoms with van der Waals surface area (Å²) in [4.78, 5) is 16.7. The predicted octanol–water partition coefficient (Wildman–Crippen LogP) is 1.56. The van der Waals surface area contributed by atoms with Crippen LogP contribution in [-0.4, -0.2) is 27.0 Å². The lowest BCUT2D eigenvalue weighted by Crippen LogP contribution is -1.98. The quantitative estimate of drug-likeness (QED) is 0.762. The van der Waals surface area contributed by atoms with Gasteiger partial charge < -0.3 is 4.74 Å². The van der Waals surface area contributed by atoms with E-state index in [9.17, 15) is 0 Å². The lowest BCUT2D eigenvalue weighted by molar-refractivity contribution is 0.411. The van der Waals surface area contributed by atoms with E-state index in [1.807, 2.05) is 13.8 Å². The molecule has 0 fully saturated rings. The first-order valence-electron chi connectivity index (χ1n) is 4.87. The van der Waals surface area contributed by atoms with Gasteiger partial charge in [-0.1, -0.05) is 0 Å². The Balaban J connectivity index is 2.50. The van der Waals surface area contributed by atoms with Gasteiger partial charge in [0.25, 0.3) is 0 Å². The van der Waals surface area contributed by atoms with Crippen LogP contribution in [0, 0.1) is 13.8 Å². The molecular formula is C11H12N4O. The van der Waals surface area contributed by atoms with Crippen molar-refractivity contribution in [3.63, 3.8) is 0 Å². The minimum absolute atomic E-state index is 0.622. The van der Waals surface area contributed by atoms with Gasteiger partial charge in [0.1, 0.15) is 6.33 Å². The van der Waals surface area contributed by atoms with Crippen LogP contribution < -0.4 is 4.74 Å². The standard InChI is InChI=1S/C11H12N4O/c1-7-10(8(2)15-6-14-7)11-12-4-9(16-3)5-13-11/h4-6H,1-3H3. The summed E-state index contributed by atoms with van der Waals surface area (Å²) in [7, 11) is 1.58. The maximum atomic E-state index is 5.01. The van der Waals surface area contributed by atoms with Gasteiger partial charge in [0.2, 0.25) is 0 Å². The lowest BCUT2D eigenvalue weighted by atomic mass is 10.1. The zero-order valence-corrected chi connectivity index (χ0v) is 9.43. The molecule has 82 valence electrons. The van der Waals surface area contributed by atoms with Crippen molar-refractivity contribution in [2.75, 3.05) is 7.11 Å². The van der Waals surface area contributed by atoms with Crippen LogP contribution in [0.1, 0.15) is 11.4 Å². The number of hydrogen-bond acceptors (Lipinski definition) is 5. The molecule has 0 saturated carbocycles. The number of nitrogens with zero attached hydrogens (tertiary/aromatic N) is 4. The van der Waals surface area contributed by atoms with Gasteiger partial charge in [-0.25, -0.2) is 19.9 Å². The summed E-state index contributed by atoms with van der Waals surface area (Å²) in [6.07, 6.45) is 4.81. The van der Waals surface area contributed by atoms with E-state index in [0.717, 1.165) is 17.0 Å². The SMILES string of the molecule is COc1cnc(-c2c(C)ncnc2C)nc1. The molecule has 2 aromatic rings. The number of methoxy groups -OCH3 is 1. The van der Waals surface area contributed by atoms with E-state index < -0.39 is 0 Å². The van der Waals surface area contributed by atoms with Crippen LogP contribution >= 0.6 is 0 Å². The molecule has 0 aliphatic rings. The maximum absolute atomic E-state index is 5.01. The molecule has 5 heteroatoms. The van der Waals surface area contributed by atoms with E-state index in [4.69, 9.17) is 4.74 Å². The molecular weight excluding hydrogens is 204 g/mol. The molecule has 0 radical (unpaired) electrons. The highest BCUT2D eigenvalue weighted by Gasteiger charge is 2.10. The summed E-state index contributed by atoms with van der Waals surface area (Å²) in [6, 6.07) is 0. The Labute approximate surface area is 93.6 Å². The highest BCUT2D eigenvalue weighted by Crippen LogP contribution is 2.21. The van der Waals surface area contributed by atoms with Crippen molar-refractivity contribution in [1.82, 2.24) is 19.9 Å². The molecule has 0 aromatic carbocycles. The van der Waals surface area contributed by atoms with Gasteiger partial charge >= 0.3 is 0 Å². The number of aryl methyl sites for hydroxylation is 2. The molecule has 0 aliphatic carbocycles. The van der Waals surface area contributed by atoms with Gasteiger partial charge in [-0.2, -0.15) is 0 Å². The van der Waals surface area contributed by atoms with Gasteiger partial charge in [0, 0.05) is 0 Å². The van der Waals surface area contributed by atoms with Crippen molar-refractivity contribution in [3.05, 3.63) is 30.1 Å². The van der Waals surface area contributed by atoms with E-state index >= 15 is 0 Å². The Kier molecular flexibility index (Phi) is 2.76. The van der Waals surface area contributed by atoms with Crippen molar-refractivity contribution in [2.24, 2.45) is 0 Å². The van der Waals surface area contributed by atoms with Crippen molar-refractivity contribution in [1.29, 1.82) is 0 Å². The van der Waals surface area contributed by atoms with Crippen LogP contribution in [0.3, 0.4) is 0 Å². The molecule has 2 heterocycles. The molecule has 0 atom stereocenters. The van der Waals surface area contributed by atoms with Gasteiger partial charge in [-0.3, -0.25) is 0 Å². The van der Waals surface area contributed by atoms with E-state index in [-0.39, 0.29) is 0 Å². The molecule has 0 amide bonds. The average Bonchev–Trinajstić information content (AvgIpc) is 2.30. The van der Waals surface area contributed by atoms with E-state index in [1.165, 1.54) is 6.33 Å². The average molecular weight is 216 g/mol. The minimum atomic E-state index is 0.622. The summed E-state index contributed by atoms with van der Waals surface area (Å²) >= 11 is 0. The first-order chi connectivity index (χ1) is 7.72. The Morgan fingerprint density at radius 1 is 0.938 bits per heavy atom. The third-order valence-electron chi connectivity index (χ3n) is 2.31. The van der Waals surface area contributed by atoms with Crippen LogP contribution in [0.4, 0.5) is 0 Å². The topological polar surface area (TPSA) is 60.8 Å². The summed E-state index contributed by atoms with van der Waals surface area (Å²) < 4.78 is 5.01. The van der Waals surface area contributed by atoms with Gasteiger partial charge in [0.15, 0.2) is 11.6 Å². The molecule has 0 bridgehead atoms. The second-order valence-corrected chi connectivity index (χ2v) is 3.37. The molecule has 2 aromatic heterocycles. The predicted molar refractivity (Wildman–Crippen MR) is 59.1 cm³/mol. The number of rotatable bonds is 2. The lowest BCUT2D eigenvalue weighted by Gasteiger charge is -2.06. The second-order valence-electron chi connectivity index (χ2n) is 3.37. The Morgan fingerprint density at radius 2 is 1.50 bits per heavy atom. The Morgan fingerprint density at radius 3 is 2.00 bits per heavy atom. The van der Waals surface area contributed by atoms with Crippen LogP contribution in [0.15, 0.2) is 18.7 Å². The first kappa shape index (κ1) is 10.5. The zero-order chi connectivity index (χ0) is 11.5. The number of ether oxygens (including phenoxy) is 1. The molecule has 0 unspecified atom stereocenters. The molecule has 16 heavy (non-hydrogen) atoms. The van der Waals surface area contributed by atoms with E-state index in [1.54, 1.807) is 19.5 Å². The van der Waals surface area contributed by atoms with Crippen LogP contribution in [0.2, 0.25) is 0 Å². The molecule has 0 aliphatic heterocycles. The van der Waals surface area contributed by atoms with E-state index in [2.05, 4.69) is 19.9 Å². The second kappa shape index (κ2) is 4.22. The zero-order valence-electron chi connectivity index (χ0n) is 9.43. The molecule has 0 saturated heterocycles. The largest absolute Gasteiger partial charge is 0.494 e. The summed E-state index contributed by atoms with van der Waals surface area (Å²) in [5.41, 5.74) is 2.63. The van der Waals surface area contributed by atoms with Crippen molar-refractivity contribution < 1.29 is 4.74 Å². The Hall–Kier alpha value is -2.04. The molecule has 0 N–H and O–H groups in total. The van der Waals surface area contributed by atoms with Gasteiger partial charge in [-0.05, 0) is 13.8 Å². The van der Waals surface area contributed by atoms with E-state index in [0.29, 0.717) is 11.6 Å². The Bertz CT molecular complexity index is 476. The van der Waals surface area contributed by atoms with Crippen LogP contribution in [0.25, 0.3) is 11.4 Å². The van der Waals surface area contributed by atoms with Crippen molar-refractivity contribution >= 4 is 0 Å². The third-order valence-corrected chi connectivity index (χ3v) is 2.31. The highest BCUT2D eigenvalue weighted by atomic mass is 16.5. The summed E-state index contributed by atoms with van der Waals surface area (Å²) in [5, 5.41) is 0. The fraction of sp³-hybridized carbons (Fsp3) is 0.273. The molecule has 0 spiro atoms. The monoisotopic (exact) mass is 216 g/mol.